The van der Waals surface area contributed by atoms with Crippen molar-refractivity contribution in [2.45, 2.75) is 38.2 Å². The first-order valence-corrected chi connectivity index (χ1v) is 13.6. The predicted molar refractivity (Wildman–Crippen MR) is 149 cm³/mol. The highest BCUT2D eigenvalue weighted by atomic mass is 19.1. The van der Waals surface area contributed by atoms with E-state index in [-0.39, 0.29) is 12.8 Å². The molecule has 2 aliphatic rings. The predicted octanol–water partition coefficient (Wildman–Crippen LogP) is 6.63. The molecule has 200 valence electrons. The molecule has 0 spiro atoms. The van der Waals surface area contributed by atoms with E-state index in [0.29, 0.717) is 12.0 Å². The Morgan fingerprint density at radius 1 is 1.08 bits per heavy atom. The van der Waals surface area contributed by atoms with Gasteiger partial charge in [-0.05, 0) is 102 Å². The van der Waals surface area contributed by atoms with Crippen molar-refractivity contribution in [3.63, 3.8) is 0 Å². The van der Waals surface area contributed by atoms with Crippen molar-refractivity contribution in [2.24, 2.45) is 0 Å². The summed E-state index contributed by atoms with van der Waals surface area (Å²) in [5.74, 6) is -0.0988. The normalized spacial score (nSPS) is 17.8. The fourth-order valence-corrected chi connectivity index (χ4v) is 5.86. The summed E-state index contributed by atoms with van der Waals surface area (Å²) < 4.78 is 24.3. The van der Waals surface area contributed by atoms with E-state index >= 15 is 0 Å². The molecular formula is C32H31FN2O4. The van der Waals surface area contributed by atoms with E-state index in [1.165, 1.54) is 12.0 Å². The molecule has 2 heterocycles. The fourth-order valence-electron chi connectivity index (χ4n) is 5.86. The summed E-state index contributed by atoms with van der Waals surface area (Å²) in [4.78, 5) is 18.3. The molecule has 3 aromatic carbocycles. The van der Waals surface area contributed by atoms with Gasteiger partial charge in [0.25, 0.3) is 0 Å². The number of carboxylic acids is 1. The third-order valence-electron chi connectivity index (χ3n) is 7.76. The number of hydrogen-bond acceptors (Lipinski definition) is 5. The van der Waals surface area contributed by atoms with E-state index in [0.717, 1.165) is 90.0 Å². The van der Waals surface area contributed by atoms with Gasteiger partial charge in [0.1, 0.15) is 17.4 Å². The molecule has 0 radical (unpaired) electrons. The highest BCUT2D eigenvalue weighted by Gasteiger charge is 2.25. The number of rotatable bonds is 8. The zero-order valence-corrected chi connectivity index (χ0v) is 21.7. The van der Waals surface area contributed by atoms with Crippen LogP contribution < -0.4 is 4.74 Å². The lowest BCUT2D eigenvalue weighted by Crippen LogP contribution is -2.26. The molecule has 0 amide bonds. The van der Waals surface area contributed by atoms with Crippen molar-refractivity contribution in [1.29, 1.82) is 0 Å². The number of aromatic nitrogens is 1. The number of aromatic carboxylic acids is 1. The first kappa shape index (κ1) is 25.3. The molecule has 1 aliphatic carbocycles. The van der Waals surface area contributed by atoms with Gasteiger partial charge >= 0.3 is 5.97 Å². The van der Waals surface area contributed by atoms with Gasteiger partial charge in [0, 0.05) is 19.6 Å². The van der Waals surface area contributed by atoms with Crippen LogP contribution in [-0.4, -0.2) is 53.4 Å². The van der Waals surface area contributed by atoms with Crippen molar-refractivity contribution < 1.29 is 23.4 Å². The van der Waals surface area contributed by atoms with E-state index < -0.39 is 5.97 Å². The highest BCUT2D eigenvalue weighted by Crippen LogP contribution is 2.41. The molecule has 0 saturated carbocycles. The Labute approximate surface area is 226 Å². The molecular weight excluding hydrogens is 495 g/mol. The number of aryl methyl sites for hydroxylation is 1. The lowest BCUT2D eigenvalue weighted by molar-refractivity contribution is 0.0696. The van der Waals surface area contributed by atoms with E-state index in [4.69, 9.17) is 9.15 Å². The number of allylic oxidation sites excluding steroid dienone is 1. The number of carboxylic acid groups (broad SMARTS) is 1. The number of likely N-dealkylation sites (tertiary alicyclic amines) is 1. The van der Waals surface area contributed by atoms with Crippen LogP contribution in [-0.2, 0) is 6.42 Å². The fraction of sp³-hybridized carbons (Fsp3) is 0.312. The van der Waals surface area contributed by atoms with Crippen molar-refractivity contribution in [2.75, 3.05) is 26.3 Å². The minimum atomic E-state index is -0.916. The van der Waals surface area contributed by atoms with Gasteiger partial charge in [-0.25, -0.2) is 9.78 Å². The number of hydrogen-bond donors (Lipinski definition) is 1. The average Bonchev–Trinajstić information content (AvgIpc) is 3.56. The number of fused-ring (bicyclic) bond motifs is 2. The van der Waals surface area contributed by atoms with Crippen LogP contribution >= 0.6 is 0 Å². The van der Waals surface area contributed by atoms with Gasteiger partial charge in [0.05, 0.1) is 12.2 Å². The largest absolute Gasteiger partial charge is 0.489 e. The molecule has 1 atom stereocenters. The SMILES string of the molecule is O=C(O)c1ccc2c(c1)CCCC(c1ccc3ocnc3c1)=C2c1ccc(O[C@H]2CCN(CCCF)C2)cc1. The van der Waals surface area contributed by atoms with Gasteiger partial charge in [-0.3, -0.25) is 9.29 Å². The number of halogens is 1. The Hall–Kier alpha value is -3.97. The molecule has 1 saturated heterocycles. The van der Waals surface area contributed by atoms with Crippen molar-refractivity contribution in [3.8, 4) is 5.75 Å². The highest BCUT2D eigenvalue weighted by molar-refractivity contribution is 6.01. The summed E-state index contributed by atoms with van der Waals surface area (Å²) in [5.41, 5.74) is 8.41. The minimum absolute atomic E-state index is 0.104. The van der Waals surface area contributed by atoms with Gasteiger partial charge in [-0.1, -0.05) is 24.3 Å². The van der Waals surface area contributed by atoms with E-state index in [9.17, 15) is 14.3 Å². The van der Waals surface area contributed by atoms with Crippen LogP contribution in [0, 0.1) is 0 Å². The molecule has 1 aromatic heterocycles. The lowest BCUT2D eigenvalue weighted by atomic mass is 9.87. The molecule has 0 bridgehead atoms. The topological polar surface area (TPSA) is 75.8 Å². The maximum Gasteiger partial charge on any atom is 0.335 e. The van der Waals surface area contributed by atoms with Crippen molar-refractivity contribution in [1.82, 2.24) is 9.88 Å². The molecule has 6 nitrogen and oxygen atoms in total. The second-order valence-corrected chi connectivity index (χ2v) is 10.3. The lowest BCUT2D eigenvalue weighted by Gasteiger charge is -2.19. The Balaban J connectivity index is 1.37. The third kappa shape index (κ3) is 5.32. The second-order valence-electron chi connectivity index (χ2n) is 10.3. The Morgan fingerprint density at radius 2 is 1.92 bits per heavy atom. The number of ether oxygens (including phenoxy) is 1. The van der Waals surface area contributed by atoms with Crippen LogP contribution in [0.1, 0.15) is 58.3 Å². The maximum absolute atomic E-state index is 12.5. The van der Waals surface area contributed by atoms with Gasteiger partial charge in [-0.2, -0.15) is 0 Å². The number of benzene rings is 3. The molecule has 7 heteroatoms. The summed E-state index contributed by atoms with van der Waals surface area (Å²) in [6.45, 7) is 2.24. The van der Waals surface area contributed by atoms with Crippen molar-refractivity contribution in [3.05, 3.63) is 94.9 Å². The summed E-state index contributed by atoms with van der Waals surface area (Å²) >= 11 is 0. The van der Waals surface area contributed by atoms with Crippen LogP contribution in [0.2, 0.25) is 0 Å². The molecule has 0 unspecified atom stereocenters. The molecule has 1 N–H and O–H groups in total. The standard InChI is InChI=1S/C32H31FN2O4/c33-14-2-15-35-16-13-26(19-35)39-25-9-5-21(6-10-25)31-27(23-8-12-30-29(18-23)34-20-38-30)4-1-3-22-17-24(32(36)37)7-11-28(22)31/h5-12,17-18,20,26H,1-4,13-16,19H2,(H,36,37)/t26-/m0/s1. The Bertz CT molecular complexity index is 1520. The monoisotopic (exact) mass is 526 g/mol. The first-order chi connectivity index (χ1) is 19.1. The Morgan fingerprint density at radius 3 is 2.74 bits per heavy atom. The maximum atomic E-state index is 12.5. The zero-order chi connectivity index (χ0) is 26.8. The molecule has 6 rings (SSSR count). The van der Waals surface area contributed by atoms with Crippen LogP contribution in [0.4, 0.5) is 4.39 Å². The first-order valence-electron chi connectivity index (χ1n) is 13.6. The zero-order valence-electron chi connectivity index (χ0n) is 21.7. The summed E-state index contributed by atoms with van der Waals surface area (Å²) in [5, 5.41) is 9.59. The summed E-state index contributed by atoms with van der Waals surface area (Å²) in [6, 6.07) is 19.8. The van der Waals surface area contributed by atoms with Gasteiger partial charge < -0.3 is 14.3 Å². The van der Waals surface area contributed by atoms with E-state index in [1.54, 1.807) is 6.07 Å². The van der Waals surface area contributed by atoms with Crippen LogP contribution in [0.3, 0.4) is 0 Å². The molecule has 1 fully saturated rings. The van der Waals surface area contributed by atoms with Crippen LogP contribution in [0.25, 0.3) is 22.2 Å². The number of nitrogens with zero attached hydrogens (tertiary/aromatic N) is 2. The van der Waals surface area contributed by atoms with Gasteiger partial charge in [-0.15, -0.1) is 0 Å². The molecule has 39 heavy (non-hydrogen) atoms. The smallest absolute Gasteiger partial charge is 0.335 e. The number of oxazole rings is 1. The minimum Gasteiger partial charge on any atom is -0.489 e. The summed E-state index contributed by atoms with van der Waals surface area (Å²) in [7, 11) is 0. The third-order valence-corrected chi connectivity index (χ3v) is 7.76. The van der Waals surface area contributed by atoms with Crippen molar-refractivity contribution >= 4 is 28.2 Å². The summed E-state index contributed by atoms with van der Waals surface area (Å²) in [6.07, 6.45) is 5.64. The van der Waals surface area contributed by atoms with E-state index in [1.807, 2.05) is 30.3 Å². The quantitative estimate of drug-likeness (QED) is 0.278. The van der Waals surface area contributed by atoms with Crippen LogP contribution in [0.15, 0.2) is 71.5 Å². The average molecular weight is 527 g/mol. The number of alkyl halides is 1. The second kappa shape index (κ2) is 11.0. The van der Waals surface area contributed by atoms with Crippen LogP contribution in [0.5, 0.6) is 5.75 Å². The molecule has 4 aromatic rings. The Kier molecular flexibility index (Phi) is 7.16. The van der Waals surface area contributed by atoms with Gasteiger partial charge in [0.15, 0.2) is 12.0 Å². The van der Waals surface area contributed by atoms with E-state index in [2.05, 4.69) is 34.1 Å². The van der Waals surface area contributed by atoms with Gasteiger partial charge in [0.2, 0.25) is 0 Å². The molecule has 1 aliphatic heterocycles. The number of carbonyl (C=O) groups is 1.